The maximum absolute atomic E-state index is 10.7. The summed E-state index contributed by atoms with van der Waals surface area (Å²) in [6, 6.07) is 4.58. The van der Waals surface area contributed by atoms with E-state index in [9.17, 15) is 4.79 Å². The molecule has 0 saturated heterocycles. The molecule has 0 fully saturated rings. The average Bonchev–Trinajstić information content (AvgIpc) is 2.35. The molecule has 0 saturated carbocycles. The van der Waals surface area contributed by atoms with Crippen LogP contribution in [0, 0.1) is 0 Å². The van der Waals surface area contributed by atoms with Crippen molar-refractivity contribution >= 4 is 23.3 Å². The zero-order valence-electron chi connectivity index (χ0n) is 9.99. The molecule has 0 spiro atoms. The number of rotatable bonds is 8. The molecule has 1 aromatic carbocycles. The Morgan fingerprint density at radius 3 is 2.89 bits per heavy atom. The zero-order valence-corrected chi connectivity index (χ0v) is 10.7. The second-order valence-corrected chi connectivity index (χ2v) is 4.02. The van der Waals surface area contributed by atoms with Gasteiger partial charge in [0.05, 0.1) is 29.5 Å². The minimum atomic E-state index is -0.990. The van der Waals surface area contributed by atoms with Crippen molar-refractivity contribution in [2.45, 2.75) is 6.42 Å². The fourth-order valence-electron chi connectivity index (χ4n) is 1.32. The Morgan fingerprint density at radius 2 is 2.28 bits per heavy atom. The largest absolute Gasteiger partial charge is 0.478 e. The fraction of sp³-hybridized carbons (Fsp3) is 0.308. The molecular formula is C13H16ClNO3. The Morgan fingerprint density at radius 1 is 1.50 bits per heavy atom. The molecule has 5 heteroatoms. The smallest absolute Gasteiger partial charge is 0.335 e. The van der Waals surface area contributed by atoms with Crippen LogP contribution in [0.2, 0.25) is 5.02 Å². The van der Waals surface area contributed by atoms with E-state index in [4.69, 9.17) is 21.4 Å². The van der Waals surface area contributed by atoms with E-state index < -0.39 is 5.97 Å². The lowest BCUT2D eigenvalue weighted by atomic mass is 10.2. The maximum Gasteiger partial charge on any atom is 0.335 e. The highest BCUT2D eigenvalue weighted by molar-refractivity contribution is 6.33. The van der Waals surface area contributed by atoms with Crippen LogP contribution in [0.5, 0.6) is 0 Å². The van der Waals surface area contributed by atoms with Crippen molar-refractivity contribution in [1.82, 2.24) is 0 Å². The minimum Gasteiger partial charge on any atom is -0.478 e. The average molecular weight is 270 g/mol. The van der Waals surface area contributed by atoms with E-state index in [-0.39, 0.29) is 5.56 Å². The normalized spacial score (nSPS) is 10.1. The molecule has 1 rings (SSSR count). The first kappa shape index (κ1) is 14.5. The number of hydrogen-bond donors (Lipinski definition) is 2. The van der Waals surface area contributed by atoms with E-state index in [0.29, 0.717) is 30.5 Å². The summed E-state index contributed by atoms with van der Waals surface area (Å²) in [4.78, 5) is 10.7. The summed E-state index contributed by atoms with van der Waals surface area (Å²) in [7, 11) is 0. The molecule has 0 aromatic heterocycles. The Balaban J connectivity index is 2.38. The van der Waals surface area contributed by atoms with Crippen molar-refractivity contribution in [2.24, 2.45) is 0 Å². The topological polar surface area (TPSA) is 58.6 Å². The lowest BCUT2D eigenvalue weighted by Crippen LogP contribution is -2.10. The predicted molar refractivity (Wildman–Crippen MR) is 72.5 cm³/mol. The lowest BCUT2D eigenvalue weighted by molar-refractivity contribution is 0.0697. The third-order valence-electron chi connectivity index (χ3n) is 2.24. The molecule has 0 radical (unpaired) electrons. The Kier molecular flexibility index (Phi) is 6.25. The molecule has 0 aliphatic carbocycles. The zero-order chi connectivity index (χ0) is 13.4. The number of nitrogens with one attached hydrogen (secondary N) is 1. The maximum atomic E-state index is 10.7. The van der Waals surface area contributed by atoms with Crippen LogP contribution in [0.4, 0.5) is 5.69 Å². The van der Waals surface area contributed by atoms with Crippen LogP contribution in [0.15, 0.2) is 30.9 Å². The van der Waals surface area contributed by atoms with Crippen LogP contribution >= 0.6 is 11.6 Å². The molecule has 0 aliphatic heterocycles. The Bertz CT molecular complexity index is 421. The van der Waals surface area contributed by atoms with Gasteiger partial charge in [0.2, 0.25) is 0 Å². The highest BCUT2D eigenvalue weighted by Crippen LogP contribution is 2.22. The second kappa shape index (κ2) is 7.74. The van der Waals surface area contributed by atoms with Gasteiger partial charge in [-0.3, -0.25) is 0 Å². The SMILES string of the molecule is C=CCCOCCNc1ccc(C(=O)O)cc1Cl. The van der Waals surface area contributed by atoms with Crippen LogP contribution in [-0.4, -0.2) is 30.8 Å². The van der Waals surface area contributed by atoms with Gasteiger partial charge in [-0.25, -0.2) is 4.79 Å². The second-order valence-electron chi connectivity index (χ2n) is 3.62. The highest BCUT2D eigenvalue weighted by atomic mass is 35.5. The van der Waals surface area contributed by atoms with Crippen LogP contribution in [-0.2, 0) is 4.74 Å². The molecular weight excluding hydrogens is 254 g/mol. The molecule has 0 unspecified atom stereocenters. The number of benzene rings is 1. The van der Waals surface area contributed by atoms with Crippen molar-refractivity contribution in [1.29, 1.82) is 0 Å². The van der Waals surface area contributed by atoms with Crippen molar-refractivity contribution in [3.63, 3.8) is 0 Å². The Labute approximate surface area is 111 Å². The van der Waals surface area contributed by atoms with E-state index >= 15 is 0 Å². The fourth-order valence-corrected chi connectivity index (χ4v) is 1.57. The molecule has 18 heavy (non-hydrogen) atoms. The van der Waals surface area contributed by atoms with Gasteiger partial charge in [-0.15, -0.1) is 6.58 Å². The van der Waals surface area contributed by atoms with Gasteiger partial charge in [-0.2, -0.15) is 0 Å². The van der Waals surface area contributed by atoms with Gasteiger partial charge in [0, 0.05) is 6.54 Å². The number of carboxylic acid groups (broad SMARTS) is 1. The number of anilines is 1. The van der Waals surface area contributed by atoms with Gasteiger partial charge in [0.1, 0.15) is 0 Å². The summed E-state index contributed by atoms with van der Waals surface area (Å²) in [6.45, 7) is 5.42. The van der Waals surface area contributed by atoms with Gasteiger partial charge in [-0.1, -0.05) is 17.7 Å². The Hall–Kier alpha value is -1.52. The van der Waals surface area contributed by atoms with E-state index in [1.165, 1.54) is 12.1 Å². The summed E-state index contributed by atoms with van der Waals surface area (Å²) >= 11 is 5.96. The van der Waals surface area contributed by atoms with Crippen LogP contribution < -0.4 is 5.32 Å². The number of aromatic carboxylic acids is 1. The third-order valence-corrected chi connectivity index (χ3v) is 2.56. The molecule has 0 heterocycles. The molecule has 1 aromatic rings. The molecule has 0 aliphatic rings. The highest BCUT2D eigenvalue weighted by Gasteiger charge is 2.06. The number of ether oxygens (including phenoxy) is 1. The summed E-state index contributed by atoms with van der Waals surface area (Å²) in [5.41, 5.74) is 0.877. The predicted octanol–water partition coefficient (Wildman–Crippen LogP) is 3.04. The van der Waals surface area contributed by atoms with Gasteiger partial charge >= 0.3 is 5.97 Å². The summed E-state index contributed by atoms with van der Waals surface area (Å²) < 4.78 is 5.33. The van der Waals surface area contributed by atoms with E-state index in [1.807, 2.05) is 0 Å². The number of carboxylic acids is 1. The summed E-state index contributed by atoms with van der Waals surface area (Å²) in [5.74, 6) is -0.990. The van der Waals surface area contributed by atoms with Crippen molar-refractivity contribution < 1.29 is 14.6 Å². The summed E-state index contributed by atoms with van der Waals surface area (Å²) in [5, 5.41) is 12.3. The van der Waals surface area contributed by atoms with Crippen LogP contribution in [0.25, 0.3) is 0 Å². The molecule has 98 valence electrons. The van der Waals surface area contributed by atoms with Crippen molar-refractivity contribution in [3.05, 3.63) is 41.4 Å². The first-order chi connectivity index (χ1) is 8.65. The number of hydrogen-bond acceptors (Lipinski definition) is 3. The quantitative estimate of drug-likeness (QED) is 0.563. The number of carbonyl (C=O) groups is 1. The lowest BCUT2D eigenvalue weighted by Gasteiger charge is -2.09. The molecule has 0 atom stereocenters. The van der Waals surface area contributed by atoms with E-state index in [2.05, 4.69) is 11.9 Å². The first-order valence-electron chi connectivity index (χ1n) is 5.60. The van der Waals surface area contributed by atoms with Crippen molar-refractivity contribution in [2.75, 3.05) is 25.1 Å². The minimum absolute atomic E-state index is 0.174. The van der Waals surface area contributed by atoms with Gasteiger partial charge in [-0.05, 0) is 24.6 Å². The van der Waals surface area contributed by atoms with E-state index in [1.54, 1.807) is 12.1 Å². The van der Waals surface area contributed by atoms with Gasteiger partial charge < -0.3 is 15.2 Å². The van der Waals surface area contributed by atoms with E-state index in [0.717, 1.165) is 6.42 Å². The molecule has 4 nitrogen and oxygen atoms in total. The van der Waals surface area contributed by atoms with Crippen LogP contribution in [0.3, 0.4) is 0 Å². The number of halogens is 1. The molecule has 0 amide bonds. The first-order valence-corrected chi connectivity index (χ1v) is 5.98. The van der Waals surface area contributed by atoms with Crippen LogP contribution in [0.1, 0.15) is 16.8 Å². The van der Waals surface area contributed by atoms with Crippen molar-refractivity contribution in [3.8, 4) is 0 Å². The molecule has 0 bridgehead atoms. The third kappa shape index (κ3) is 4.77. The molecule has 2 N–H and O–H groups in total. The summed E-state index contributed by atoms with van der Waals surface area (Å²) in [6.07, 6.45) is 2.63. The van der Waals surface area contributed by atoms with Gasteiger partial charge in [0.25, 0.3) is 0 Å². The van der Waals surface area contributed by atoms with Gasteiger partial charge in [0.15, 0.2) is 0 Å². The monoisotopic (exact) mass is 269 g/mol. The standard InChI is InChI=1S/C13H16ClNO3/c1-2-3-7-18-8-6-15-12-5-4-10(13(16)17)9-11(12)14/h2,4-5,9,15H,1,3,6-8H2,(H,16,17).